The zero-order chi connectivity index (χ0) is 27.3. The summed E-state index contributed by atoms with van der Waals surface area (Å²) < 4.78 is 6.47. The highest BCUT2D eigenvalue weighted by atomic mass is 35.5. The second kappa shape index (κ2) is 10.1. The van der Waals surface area contributed by atoms with E-state index in [1.165, 1.54) is 0 Å². The monoisotopic (exact) mass is 547 g/mol. The molecule has 1 spiro atoms. The van der Waals surface area contributed by atoms with Crippen LogP contribution in [0.1, 0.15) is 38.7 Å². The number of benzene rings is 2. The lowest BCUT2D eigenvalue weighted by atomic mass is 9.73. The summed E-state index contributed by atoms with van der Waals surface area (Å²) >= 11 is 6.00. The van der Waals surface area contributed by atoms with E-state index in [2.05, 4.69) is 24.5 Å². The highest BCUT2D eigenvalue weighted by Crippen LogP contribution is 2.55. The molecule has 6 rings (SSSR count). The minimum absolute atomic E-state index is 0.0389. The van der Waals surface area contributed by atoms with Crippen molar-refractivity contribution in [1.29, 1.82) is 0 Å². The maximum Gasteiger partial charge on any atom is 0.246 e. The molecule has 2 N–H and O–H groups in total. The molecule has 0 radical (unpaired) electrons. The Labute approximate surface area is 233 Å². The molecular weight excluding hydrogens is 514 g/mol. The van der Waals surface area contributed by atoms with Gasteiger partial charge in [-0.2, -0.15) is 0 Å². The van der Waals surface area contributed by atoms with E-state index < -0.39 is 29.6 Å². The number of amides is 3. The van der Waals surface area contributed by atoms with E-state index in [-0.39, 0.29) is 30.3 Å². The number of ether oxygens (including phenoxy) is 1. The van der Waals surface area contributed by atoms with Gasteiger partial charge in [-0.05, 0) is 48.1 Å². The van der Waals surface area contributed by atoms with Crippen LogP contribution in [0.25, 0.3) is 0 Å². The topological polar surface area (TPSA) is 87.7 Å². The smallest absolute Gasteiger partial charge is 0.246 e. The zero-order valence-electron chi connectivity index (χ0n) is 22.2. The van der Waals surface area contributed by atoms with Crippen LogP contribution < -0.4 is 10.6 Å². The van der Waals surface area contributed by atoms with Crippen molar-refractivity contribution >= 4 is 35.0 Å². The van der Waals surface area contributed by atoms with E-state index >= 15 is 0 Å². The summed E-state index contributed by atoms with van der Waals surface area (Å²) in [7, 11) is 0. The first-order chi connectivity index (χ1) is 18.8. The van der Waals surface area contributed by atoms with Crippen molar-refractivity contribution in [1.82, 2.24) is 10.2 Å². The molecule has 8 heteroatoms. The third kappa shape index (κ3) is 4.45. The van der Waals surface area contributed by atoms with Gasteiger partial charge in [0.1, 0.15) is 11.6 Å². The Bertz CT molecular complexity index is 1300. The third-order valence-electron chi connectivity index (χ3n) is 9.27. The molecule has 0 unspecified atom stereocenters. The number of halogens is 1. The molecule has 2 bridgehead atoms. The van der Waals surface area contributed by atoms with Crippen molar-refractivity contribution in [2.75, 3.05) is 5.32 Å². The Morgan fingerprint density at radius 3 is 2.54 bits per heavy atom. The fourth-order valence-electron chi connectivity index (χ4n) is 7.02. The molecule has 4 aliphatic rings. The summed E-state index contributed by atoms with van der Waals surface area (Å²) in [4.78, 5) is 43.5. The Hall–Kier alpha value is -3.16. The van der Waals surface area contributed by atoms with Gasteiger partial charge in [0.15, 0.2) is 0 Å². The number of carbonyl (C=O) groups is 3. The number of fused-ring (bicyclic) bond motifs is 1. The average molecular weight is 548 g/mol. The van der Waals surface area contributed by atoms with Crippen LogP contribution in [0.2, 0.25) is 5.02 Å². The third-order valence-corrected chi connectivity index (χ3v) is 9.52. The number of hydrogen-bond acceptors (Lipinski definition) is 4. The maximum absolute atomic E-state index is 14.1. The summed E-state index contributed by atoms with van der Waals surface area (Å²) in [6.45, 7) is 4.68. The van der Waals surface area contributed by atoms with Gasteiger partial charge in [-0.1, -0.05) is 80.8 Å². The zero-order valence-corrected chi connectivity index (χ0v) is 22.9. The average Bonchev–Trinajstić information content (AvgIpc) is 3.56. The van der Waals surface area contributed by atoms with Crippen molar-refractivity contribution in [3.63, 3.8) is 0 Å². The van der Waals surface area contributed by atoms with Crippen LogP contribution in [0, 0.1) is 23.7 Å². The van der Waals surface area contributed by atoms with E-state index in [1.807, 2.05) is 42.5 Å². The van der Waals surface area contributed by atoms with Gasteiger partial charge in [0.05, 0.1) is 17.9 Å². The first-order valence-corrected chi connectivity index (χ1v) is 14.2. The molecule has 3 aliphatic heterocycles. The number of likely N-dealkylation sites (tertiary alicyclic amines) is 1. The molecule has 7 nitrogen and oxygen atoms in total. The Kier molecular flexibility index (Phi) is 6.76. The molecular formula is C31H34ClN3O4. The second-order valence-electron chi connectivity index (χ2n) is 11.5. The van der Waals surface area contributed by atoms with Gasteiger partial charge in [0.25, 0.3) is 0 Å². The van der Waals surface area contributed by atoms with Gasteiger partial charge in [0.2, 0.25) is 17.7 Å². The fourth-order valence-corrected chi connectivity index (χ4v) is 7.15. The highest BCUT2D eigenvalue weighted by Gasteiger charge is 2.72. The standard InChI is InChI=1S/C31H34ClN3O4/c1-18-7-6-10-23(19(18)2)34-29(37)27-31-16-15-24(39-31)25(28(36)33-22-13-11-21(32)12-14-22)26(31)30(38)35(27)17-20-8-4-3-5-9-20/h3-5,8-9,11-16,18-19,23-27H,6-7,10,17H2,1-2H3,(H,33,36)(H,34,37)/t18-,19-,23+,24-,25-,26-,27+,31+/m1/s1. The normalized spacial score (nSPS) is 34.7. The number of carbonyl (C=O) groups excluding carboxylic acids is 3. The molecule has 3 amide bonds. The van der Waals surface area contributed by atoms with Gasteiger partial charge in [-0.25, -0.2) is 0 Å². The fraction of sp³-hybridized carbons (Fsp3) is 0.452. The summed E-state index contributed by atoms with van der Waals surface area (Å²) in [6, 6.07) is 15.7. The van der Waals surface area contributed by atoms with Gasteiger partial charge in [-0.3, -0.25) is 14.4 Å². The Balaban J connectivity index is 1.32. The molecule has 3 heterocycles. The van der Waals surface area contributed by atoms with Crippen LogP contribution in [0.15, 0.2) is 66.7 Å². The number of hydrogen-bond donors (Lipinski definition) is 2. The first-order valence-electron chi connectivity index (χ1n) is 13.9. The predicted molar refractivity (Wildman–Crippen MR) is 149 cm³/mol. The molecule has 8 atom stereocenters. The lowest BCUT2D eigenvalue weighted by molar-refractivity contribution is -0.142. The van der Waals surface area contributed by atoms with Crippen LogP contribution in [0.5, 0.6) is 0 Å². The molecule has 204 valence electrons. The molecule has 2 aromatic rings. The maximum atomic E-state index is 14.1. The highest BCUT2D eigenvalue weighted by molar-refractivity contribution is 6.30. The van der Waals surface area contributed by atoms with E-state index in [9.17, 15) is 14.4 Å². The lowest BCUT2D eigenvalue weighted by Gasteiger charge is -2.38. The van der Waals surface area contributed by atoms with Crippen LogP contribution in [0.3, 0.4) is 0 Å². The number of rotatable bonds is 6. The van der Waals surface area contributed by atoms with Crippen molar-refractivity contribution in [2.24, 2.45) is 23.7 Å². The largest absolute Gasteiger partial charge is 0.359 e. The summed E-state index contributed by atoms with van der Waals surface area (Å²) in [6.07, 6.45) is 6.25. The van der Waals surface area contributed by atoms with E-state index in [0.717, 1.165) is 24.8 Å². The summed E-state index contributed by atoms with van der Waals surface area (Å²) in [5.74, 6) is -1.43. The molecule has 3 fully saturated rings. The molecule has 1 saturated carbocycles. The Morgan fingerprint density at radius 1 is 1.05 bits per heavy atom. The van der Waals surface area contributed by atoms with Crippen LogP contribution in [0.4, 0.5) is 5.69 Å². The van der Waals surface area contributed by atoms with E-state index in [4.69, 9.17) is 16.3 Å². The summed E-state index contributed by atoms with van der Waals surface area (Å²) in [5.41, 5.74) is 0.318. The quantitative estimate of drug-likeness (QED) is 0.519. The molecule has 2 saturated heterocycles. The van der Waals surface area contributed by atoms with Gasteiger partial charge < -0.3 is 20.3 Å². The van der Waals surface area contributed by atoms with Gasteiger partial charge in [-0.15, -0.1) is 0 Å². The molecule has 1 aliphatic carbocycles. The molecule has 2 aromatic carbocycles. The Morgan fingerprint density at radius 2 is 1.79 bits per heavy atom. The van der Waals surface area contributed by atoms with Crippen LogP contribution in [-0.2, 0) is 25.7 Å². The van der Waals surface area contributed by atoms with E-state index in [0.29, 0.717) is 22.5 Å². The lowest BCUT2D eigenvalue weighted by Crippen LogP contribution is -2.57. The minimum Gasteiger partial charge on any atom is -0.359 e. The number of anilines is 1. The number of nitrogens with one attached hydrogen (secondary N) is 2. The summed E-state index contributed by atoms with van der Waals surface area (Å²) in [5, 5.41) is 6.79. The van der Waals surface area contributed by atoms with Gasteiger partial charge in [0, 0.05) is 23.3 Å². The van der Waals surface area contributed by atoms with E-state index in [1.54, 1.807) is 29.2 Å². The van der Waals surface area contributed by atoms with Gasteiger partial charge >= 0.3 is 0 Å². The van der Waals surface area contributed by atoms with Crippen molar-refractivity contribution < 1.29 is 19.1 Å². The second-order valence-corrected chi connectivity index (χ2v) is 12.0. The first kappa shape index (κ1) is 26.1. The van der Waals surface area contributed by atoms with Crippen molar-refractivity contribution in [3.8, 4) is 0 Å². The molecule has 39 heavy (non-hydrogen) atoms. The SMILES string of the molecule is C[C@@H]1[C@H](C)CCC[C@@H]1NC(=O)[C@@H]1N(Cc2ccccc2)C(=O)[C@H]2[C@H](C(=O)Nc3ccc(Cl)cc3)[C@H]3C=C[C@@]12O3. The van der Waals surface area contributed by atoms with Crippen molar-refractivity contribution in [2.45, 2.75) is 63.4 Å². The predicted octanol–water partition coefficient (Wildman–Crippen LogP) is 4.57. The van der Waals surface area contributed by atoms with Crippen molar-refractivity contribution in [3.05, 3.63) is 77.3 Å². The number of nitrogens with zero attached hydrogens (tertiary/aromatic N) is 1. The minimum atomic E-state index is -1.19. The molecule has 0 aromatic heterocycles. The van der Waals surface area contributed by atoms with Crippen LogP contribution in [-0.4, -0.2) is 46.4 Å². The van der Waals surface area contributed by atoms with Crippen LogP contribution >= 0.6 is 11.6 Å².